The fourth-order valence-corrected chi connectivity index (χ4v) is 3.93. The first-order valence-corrected chi connectivity index (χ1v) is 8.71. The zero-order valence-corrected chi connectivity index (χ0v) is 13.9. The molecule has 0 spiro atoms. The Bertz CT molecular complexity index is 697. The quantitative estimate of drug-likeness (QED) is 0.851. The highest BCUT2D eigenvalue weighted by Crippen LogP contribution is 2.34. The number of ketones is 1. The molecule has 1 fully saturated rings. The summed E-state index contributed by atoms with van der Waals surface area (Å²) in [5, 5.41) is 5.18. The van der Waals surface area contributed by atoms with Gasteiger partial charge < -0.3 is 10.2 Å². The Kier molecular flexibility index (Phi) is 4.76. The van der Waals surface area contributed by atoms with Gasteiger partial charge in [0.05, 0.1) is 12.6 Å². The highest BCUT2D eigenvalue weighted by Gasteiger charge is 2.30. The summed E-state index contributed by atoms with van der Waals surface area (Å²) in [5.41, 5.74) is 1.34. The molecule has 3 rings (SSSR count). The van der Waals surface area contributed by atoms with Crippen LogP contribution in [-0.4, -0.2) is 29.7 Å². The van der Waals surface area contributed by atoms with Crippen LogP contribution in [0.1, 0.15) is 41.0 Å². The molecule has 0 radical (unpaired) electrons. The lowest BCUT2D eigenvalue weighted by atomic mass is 10.1. The van der Waals surface area contributed by atoms with Crippen LogP contribution in [0.2, 0.25) is 0 Å². The fourth-order valence-electron chi connectivity index (χ4n) is 3.06. The first-order chi connectivity index (χ1) is 11.2. The predicted molar refractivity (Wildman–Crippen MR) is 92.9 cm³/mol. The van der Waals surface area contributed by atoms with Crippen LogP contribution >= 0.6 is 11.3 Å². The second kappa shape index (κ2) is 6.96. The highest BCUT2D eigenvalue weighted by molar-refractivity contribution is 7.10. The van der Waals surface area contributed by atoms with E-state index in [1.807, 2.05) is 29.2 Å². The van der Waals surface area contributed by atoms with E-state index in [4.69, 9.17) is 0 Å². The lowest BCUT2D eigenvalue weighted by Gasteiger charge is -2.24. The van der Waals surface area contributed by atoms with E-state index in [9.17, 15) is 9.59 Å². The van der Waals surface area contributed by atoms with Crippen LogP contribution in [0.5, 0.6) is 0 Å². The van der Waals surface area contributed by atoms with Crippen molar-refractivity contribution in [3.63, 3.8) is 0 Å². The van der Waals surface area contributed by atoms with E-state index in [0.717, 1.165) is 25.1 Å². The van der Waals surface area contributed by atoms with Crippen LogP contribution in [0.3, 0.4) is 0 Å². The molecule has 1 aromatic heterocycles. The summed E-state index contributed by atoms with van der Waals surface area (Å²) in [4.78, 5) is 27.4. The molecule has 2 heterocycles. The van der Waals surface area contributed by atoms with Gasteiger partial charge in [-0.15, -0.1) is 11.3 Å². The third-order valence-electron chi connectivity index (χ3n) is 4.18. The number of nitrogens with one attached hydrogen (secondary N) is 1. The van der Waals surface area contributed by atoms with Crippen LogP contribution in [0.4, 0.5) is 5.69 Å². The maximum Gasteiger partial charge on any atom is 0.242 e. The zero-order chi connectivity index (χ0) is 16.2. The SMILES string of the molecule is CC(=O)c1ccccc1NCC(=O)N1CCCC1c1cccs1. The molecule has 1 N–H and O–H groups in total. The van der Waals surface area contributed by atoms with Gasteiger partial charge in [0, 0.05) is 22.7 Å². The fraction of sp³-hybridized carbons (Fsp3) is 0.333. The summed E-state index contributed by atoms with van der Waals surface area (Å²) in [5.74, 6) is 0.0810. The summed E-state index contributed by atoms with van der Waals surface area (Å²) in [6.07, 6.45) is 2.06. The molecule has 4 nitrogen and oxygen atoms in total. The normalized spacial score (nSPS) is 17.3. The maximum atomic E-state index is 12.6. The van der Waals surface area contributed by atoms with Crippen molar-refractivity contribution >= 4 is 28.7 Å². The molecule has 1 unspecified atom stereocenters. The largest absolute Gasteiger partial charge is 0.376 e. The van der Waals surface area contributed by atoms with Crippen molar-refractivity contribution in [2.24, 2.45) is 0 Å². The number of carbonyl (C=O) groups is 2. The van der Waals surface area contributed by atoms with E-state index in [1.165, 1.54) is 11.8 Å². The molecule has 1 aliphatic heterocycles. The Morgan fingerprint density at radius 3 is 2.83 bits per heavy atom. The number of nitrogens with zero attached hydrogens (tertiary/aromatic N) is 1. The summed E-state index contributed by atoms with van der Waals surface area (Å²) in [7, 11) is 0. The standard InChI is InChI=1S/C18H20N2O2S/c1-13(21)14-6-2-3-7-15(14)19-12-18(22)20-10-4-8-16(20)17-9-5-11-23-17/h2-3,5-7,9,11,16,19H,4,8,10,12H2,1H3. The number of likely N-dealkylation sites (tertiary alicyclic amines) is 1. The third-order valence-corrected chi connectivity index (χ3v) is 5.15. The van der Waals surface area contributed by atoms with E-state index in [-0.39, 0.29) is 24.3 Å². The Morgan fingerprint density at radius 2 is 2.09 bits per heavy atom. The van der Waals surface area contributed by atoms with Gasteiger partial charge in [0.1, 0.15) is 0 Å². The molecule has 120 valence electrons. The van der Waals surface area contributed by atoms with Crippen LogP contribution < -0.4 is 5.32 Å². The van der Waals surface area contributed by atoms with E-state index >= 15 is 0 Å². The molecular weight excluding hydrogens is 308 g/mol. The zero-order valence-electron chi connectivity index (χ0n) is 13.1. The van der Waals surface area contributed by atoms with Gasteiger partial charge in [0.2, 0.25) is 5.91 Å². The van der Waals surface area contributed by atoms with E-state index in [0.29, 0.717) is 5.56 Å². The molecule has 1 amide bonds. The lowest BCUT2D eigenvalue weighted by molar-refractivity contribution is -0.130. The average Bonchev–Trinajstić information content (AvgIpc) is 3.23. The first kappa shape index (κ1) is 15.7. The number of amides is 1. The van der Waals surface area contributed by atoms with Gasteiger partial charge in [-0.25, -0.2) is 0 Å². The number of Topliss-reactive ketones (excluding diaryl/α,β-unsaturated/α-hetero) is 1. The second-order valence-electron chi connectivity index (χ2n) is 5.72. The molecule has 1 aliphatic rings. The molecule has 1 saturated heterocycles. The van der Waals surface area contributed by atoms with Crippen LogP contribution in [0.15, 0.2) is 41.8 Å². The number of rotatable bonds is 5. The Hall–Kier alpha value is -2.14. The minimum absolute atomic E-state index is 0.00168. The van der Waals surface area contributed by atoms with Crippen molar-refractivity contribution in [1.29, 1.82) is 0 Å². The van der Waals surface area contributed by atoms with Gasteiger partial charge >= 0.3 is 0 Å². The number of benzene rings is 1. The smallest absolute Gasteiger partial charge is 0.242 e. The van der Waals surface area contributed by atoms with Crippen molar-refractivity contribution in [3.8, 4) is 0 Å². The number of anilines is 1. The van der Waals surface area contributed by atoms with Crippen molar-refractivity contribution in [2.45, 2.75) is 25.8 Å². The van der Waals surface area contributed by atoms with Gasteiger partial charge in [-0.3, -0.25) is 9.59 Å². The molecule has 1 atom stereocenters. The van der Waals surface area contributed by atoms with E-state index in [2.05, 4.69) is 16.8 Å². The minimum atomic E-state index is -0.00168. The highest BCUT2D eigenvalue weighted by atomic mass is 32.1. The van der Waals surface area contributed by atoms with Gasteiger partial charge in [0.25, 0.3) is 0 Å². The van der Waals surface area contributed by atoms with Crippen molar-refractivity contribution in [1.82, 2.24) is 4.90 Å². The summed E-state index contributed by atoms with van der Waals surface area (Å²) in [6.45, 7) is 2.55. The number of thiophene rings is 1. The molecule has 0 saturated carbocycles. The Labute approximate surface area is 140 Å². The molecule has 0 aliphatic carbocycles. The molecule has 5 heteroatoms. The third kappa shape index (κ3) is 3.45. The first-order valence-electron chi connectivity index (χ1n) is 7.83. The maximum absolute atomic E-state index is 12.6. The van der Waals surface area contributed by atoms with Gasteiger partial charge in [0.15, 0.2) is 5.78 Å². The Morgan fingerprint density at radius 1 is 1.26 bits per heavy atom. The van der Waals surface area contributed by atoms with Crippen LogP contribution in [0.25, 0.3) is 0 Å². The molecule has 23 heavy (non-hydrogen) atoms. The number of carbonyl (C=O) groups excluding carboxylic acids is 2. The van der Waals surface area contributed by atoms with E-state index < -0.39 is 0 Å². The monoisotopic (exact) mass is 328 g/mol. The summed E-state index contributed by atoms with van der Waals surface area (Å²) in [6, 6.07) is 11.6. The lowest BCUT2D eigenvalue weighted by Crippen LogP contribution is -2.35. The number of hydrogen-bond donors (Lipinski definition) is 1. The number of para-hydroxylation sites is 1. The molecule has 2 aromatic rings. The second-order valence-corrected chi connectivity index (χ2v) is 6.70. The van der Waals surface area contributed by atoms with Crippen LogP contribution in [0, 0.1) is 0 Å². The molecular formula is C18H20N2O2S. The van der Waals surface area contributed by atoms with E-state index in [1.54, 1.807) is 17.4 Å². The topological polar surface area (TPSA) is 49.4 Å². The Balaban J connectivity index is 1.67. The van der Waals surface area contributed by atoms with Crippen LogP contribution in [-0.2, 0) is 4.79 Å². The van der Waals surface area contributed by atoms with Gasteiger partial charge in [-0.1, -0.05) is 18.2 Å². The molecule has 0 bridgehead atoms. The summed E-state index contributed by atoms with van der Waals surface area (Å²) >= 11 is 1.70. The number of hydrogen-bond acceptors (Lipinski definition) is 4. The van der Waals surface area contributed by atoms with Crippen molar-refractivity contribution in [2.75, 3.05) is 18.4 Å². The van der Waals surface area contributed by atoms with Gasteiger partial charge in [-0.05, 0) is 43.3 Å². The van der Waals surface area contributed by atoms with Crippen molar-refractivity contribution in [3.05, 3.63) is 52.2 Å². The molecule has 1 aromatic carbocycles. The predicted octanol–water partition coefficient (Wildman–Crippen LogP) is 3.73. The van der Waals surface area contributed by atoms with Gasteiger partial charge in [-0.2, -0.15) is 0 Å². The summed E-state index contributed by atoms with van der Waals surface area (Å²) < 4.78 is 0. The minimum Gasteiger partial charge on any atom is -0.376 e. The average molecular weight is 328 g/mol. The van der Waals surface area contributed by atoms with Crippen molar-refractivity contribution < 1.29 is 9.59 Å².